The summed E-state index contributed by atoms with van der Waals surface area (Å²) in [5.74, 6) is 0. The zero-order chi connectivity index (χ0) is 21.8. The number of nitrogens with zero attached hydrogens (tertiary/aromatic N) is 3. The number of halogens is 1. The predicted octanol–water partition coefficient (Wildman–Crippen LogP) is 5.88. The van der Waals surface area contributed by atoms with E-state index in [0.29, 0.717) is 11.6 Å². The molecule has 0 aliphatic carbocycles. The predicted molar refractivity (Wildman–Crippen MR) is 126 cm³/mol. The molecule has 4 rings (SSSR count). The van der Waals surface area contributed by atoms with Gasteiger partial charge in [0.1, 0.15) is 11.9 Å². The van der Waals surface area contributed by atoms with Crippen molar-refractivity contribution in [3.8, 4) is 16.9 Å². The number of aromatic nitrogens is 2. The standard InChI is InChI=1S/C26H26ClN3O/c1-3-23-24(26(31)29(2)18-19-14-16-21(27)17-15-19)25(20-10-6-4-7-11-20)28-30(23)22-12-8-5-9-13-22/h4-17,26,31H,3,18H2,1-2H3. The molecule has 5 heteroatoms. The van der Waals surface area contributed by atoms with Crippen molar-refractivity contribution in [1.29, 1.82) is 0 Å². The monoisotopic (exact) mass is 431 g/mol. The number of aliphatic hydroxyl groups is 1. The van der Waals surface area contributed by atoms with E-state index in [0.717, 1.165) is 40.2 Å². The molecule has 1 N–H and O–H groups in total. The Balaban J connectivity index is 1.79. The normalized spacial score (nSPS) is 12.3. The highest BCUT2D eigenvalue weighted by Crippen LogP contribution is 2.34. The van der Waals surface area contributed by atoms with Crippen LogP contribution in [-0.4, -0.2) is 26.8 Å². The Morgan fingerprint density at radius 3 is 2.16 bits per heavy atom. The summed E-state index contributed by atoms with van der Waals surface area (Å²) >= 11 is 6.02. The molecule has 0 bridgehead atoms. The minimum absolute atomic E-state index is 0.590. The van der Waals surface area contributed by atoms with E-state index >= 15 is 0 Å². The molecule has 0 saturated carbocycles. The first-order valence-electron chi connectivity index (χ1n) is 10.4. The van der Waals surface area contributed by atoms with Crippen molar-refractivity contribution in [1.82, 2.24) is 14.7 Å². The third-order valence-electron chi connectivity index (χ3n) is 5.43. The Morgan fingerprint density at radius 2 is 1.55 bits per heavy atom. The highest BCUT2D eigenvalue weighted by atomic mass is 35.5. The van der Waals surface area contributed by atoms with Crippen LogP contribution in [0.1, 0.15) is 30.0 Å². The van der Waals surface area contributed by atoms with E-state index in [1.165, 1.54) is 0 Å². The lowest BCUT2D eigenvalue weighted by atomic mass is 10.0. The molecule has 0 aliphatic rings. The van der Waals surface area contributed by atoms with Gasteiger partial charge in [0.15, 0.2) is 0 Å². The second-order valence-corrected chi connectivity index (χ2v) is 8.03. The maximum Gasteiger partial charge on any atom is 0.137 e. The third kappa shape index (κ3) is 4.57. The van der Waals surface area contributed by atoms with E-state index in [-0.39, 0.29) is 0 Å². The van der Waals surface area contributed by atoms with Gasteiger partial charge in [0.05, 0.1) is 11.4 Å². The number of para-hydroxylation sites is 1. The fraction of sp³-hybridized carbons (Fsp3) is 0.192. The van der Waals surface area contributed by atoms with Crippen LogP contribution in [0, 0.1) is 0 Å². The highest BCUT2D eigenvalue weighted by Gasteiger charge is 2.27. The van der Waals surface area contributed by atoms with E-state index in [4.69, 9.17) is 16.7 Å². The van der Waals surface area contributed by atoms with Gasteiger partial charge in [-0.25, -0.2) is 4.68 Å². The van der Waals surface area contributed by atoms with Crippen LogP contribution < -0.4 is 0 Å². The van der Waals surface area contributed by atoms with Crippen molar-refractivity contribution >= 4 is 11.6 Å². The van der Waals surface area contributed by atoms with Crippen molar-refractivity contribution in [2.24, 2.45) is 0 Å². The zero-order valence-corrected chi connectivity index (χ0v) is 18.5. The average Bonchev–Trinajstić information content (AvgIpc) is 3.21. The number of hydrogen-bond acceptors (Lipinski definition) is 3. The lowest BCUT2D eigenvalue weighted by Gasteiger charge is -2.25. The average molecular weight is 432 g/mol. The molecule has 4 nitrogen and oxygen atoms in total. The molecule has 0 fully saturated rings. The summed E-state index contributed by atoms with van der Waals surface area (Å²) < 4.78 is 1.96. The van der Waals surface area contributed by atoms with Crippen LogP contribution >= 0.6 is 11.6 Å². The first-order chi connectivity index (χ1) is 15.1. The van der Waals surface area contributed by atoms with Crippen LogP contribution in [0.4, 0.5) is 0 Å². The summed E-state index contributed by atoms with van der Waals surface area (Å²) in [4.78, 5) is 1.93. The molecule has 1 unspecified atom stereocenters. The summed E-state index contributed by atoms with van der Waals surface area (Å²) in [6.45, 7) is 2.69. The SMILES string of the molecule is CCc1c(C(O)N(C)Cc2ccc(Cl)cc2)c(-c2ccccc2)nn1-c1ccccc1. The number of hydrogen-bond donors (Lipinski definition) is 1. The van der Waals surface area contributed by atoms with Gasteiger partial charge in [-0.1, -0.05) is 79.2 Å². The minimum atomic E-state index is -0.807. The molecule has 0 spiro atoms. The Kier molecular flexibility index (Phi) is 6.52. The van der Waals surface area contributed by atoms with Gasteiger partial charge < -0.3 is 5.11 Å². The Labute approximate surface area is 188 Å². The molecule has 0 saturated heterocycles. The molecule has 31 heavy (non-hydrogen) atoms. The first-order valence-corrected chi connectivity index (χ1v) is 10.8. The van der Waals surface area contributed by atoms with Gasteiger partial charge in [0.25, 0.3) is 0 Å². The van der Waals surface area contributed by atoms with E-state index in [1.807, 2.05) is 102 Å². The Morgan fingerprint density at radius 1 is 0.935 bits per heavy atom. The molecule has 1 heterocycles. The maximum absolute atomic E-state index is 11.5. The van der Waals surface area contributed by atoms with Crippen LogP contribution in [0.2, 0.25) is 5.02 Å². The van der Waals surface area contributed by atoms with Crippen molar-refractivity contribution in [2.75, 3.05) is 7.05 Å². The van der Waals surface area contributed by atoms with Gasteiger partial charge >= 0.3 is 0 Å². The minimum Gasteiger partial charge on any atom is -0.374 e. The van der Waals surface area contributed by atoms with E-state index in [9.17, 15) is 5.11 Å². The van der Waals surface area contributed by atoms with Crippen LogP contribution in [-0.2, 0) is 13.0 Å². The second kappa shape index (κ2) is 9.48. The molecular formula is C26H26ClN3O. The lowest BCUT2D eigenvalue weighted by Crippen LogP contribution is -2.25. The second-order valence-electron chi connectivity index (χ2n) is 7.59. The van der Waals surface area contributed by atoms with Crippen molar-refractivity contribution in [2.45, 2.75) is 26.1 Å². The van der Waals surface area contributed by atoms with E-state index in [2.05, 4.69) is 6.92 Å². The van der Waals surface area contributed by atoms with Gasteiger partial charge in [-0.15, -0.1) is 0 Å². The maximum atomic E-state index is 11.5. The van der Waals surface area contributed by atoms with Crippen LogP contribution in [0.3, 0.4) is 0 Å². The van der Waals surface area contributed by atoms with Crippen LogP contribution in [0.15, 0.2) is 84.9 Å². The number of benzene rings is 3. The van der Waals surface area contributed by atoms with Crippen LogP contribution in [0.5, 0.6) is 0 Å². The van der Waals surface area contributed by atoms with Gasteiger partial charge in [0, 0.05) is 22.7 Å². The molecule has 4 aromatic rings. The topological polar surface area (TPSA) is 41.3 Å². The van der Waals surface area contributed by atoms with Crippen LogP contribution in [0.25, 0.3) is 16.9 Å². The van der Waals surface area contributed by atoms with Crippen molar-refractivity contribution in [3.05, 3.63) is 107 Å². The van der Waals surface area contributed by atoms with Crippen molar-refractivity contribution < 1.29 is 5.11 Å². The zero-order valence-electron chi connectivity index (χ0n) is 17.7. The number of rotatable bonds is 7. The van der Waals surface area contributed by atoms with Gasteiger partial charge in [-0.05, 0) is 43.3 Å². The molecule has 1 aromatic heterocycles. The summed E-state index contributed by atoms with van der Waals surface area (Å²) in [6.07, 6.45) is -0.0612. The summed E-state index contributed by atoms with van der Waals surface area (Å²) in [5, 5.41) is 17.1. The highest BCUT2D eigenvalue weighted by molar-refractivity contribution is 6.30. The third-order valence-corrected chi connectivity index (χ3v) is 5.68. The van der Waals surface area contributed by atoms with E-state index in [1.54, 1.807) is 0 Å². The molecule has 158 valence electrons. The lowest BCUT2D eigenvalue weighted by molar-refractivity contribution is 0.0149. The van der Waals surface area contributed by atoms with Crippen molar-refractivity contribution in [3.63, 3.8) is 0 Å². The smallest absolute Gasteiger partial charge is 0.137 e. The molecule has 0 amide bonds. The van der Waals surface area contributed by atoms with Gasteiger partial charge in [0.2, 0.25) is 0 Å². The molecular weight excluding hydrogens is 406 g/mol. The number of aliphatic hydroxyl groups excluding tert-OH is 1. The summed E-state index contributed by atoms with van der Waals surface area (Å²) in [7, 11) is 1.92. The molecule has 1 atom stereocenters. The largest absolute Gasteiger partial charge is 0.374 e. The quantitative estimate of drug-likeness (QED) is 0.371. The molecule has 0 radical (unpaired) electrons. The first kappa shape index (κ1) is 21.3. The molecule has 3 aromatic carbocycles. The Bertz CT molecular complexity index is 1120. The Hall–Kier alpha value is -2.92. The van der Waals surface area contributed by atoms with E-state index < -0.39 is 6.23 Å². The summed E-state index contributed by atoms with van der Waals surface area (Å²) in [5.41, 5.74) is 5.70. The molecule has 0 aliphatic heterocycles. The van der Waals surface area contributed by atoms with Gasteiger partial charge in [-0.2, -0.15) is 5.10 Å². The fourth-order valence-corrected chi connectivity index (χ4v) is 3.98. The summed E-state index contributed by atoms with van der Waals surface area (Å²) in [6, 6.07) is 27.8. The fourth-order valence-electron chi connectivity index (χ4n) is 3.85. The van der Waals surface area contributed by atoms with Gasteiger partial charge in [-0.3, -0.25) is 4.90 Å².